The van der Waals surface area contributed by atoms with Crippen molar-refractivity contribution in [1.29, 1.82) is 0 Å². The van der Waals surface area contributed by atoms with E-state index in [4.69, 9.17) is 40.0 Å². The lowest BCUT2D eigenvalue weighted by Crippen LogP contribution is -2.55. The highest BCUT2D eigenvalue weighted by Crippen LogP contribution is 2.42. The Kier molecular flexibility index (Phi) is 8.87. The minimum absolute atomic E-state index is 0.162. The molecular formula is C28H30ClNO10. The third-order valence-electron chi connectivity index (χ3n) is 6.46. The van der Waals surface area contributed by atoms with Crippen molar-refractivity contribution in [1.82, 2.24) is 4.57 Å². The zero-order valence-corrected chi connectivity index (χ0v) is 23.3. The number of hydrogen-bond donors (Lipinski definition) is 1. The van der Waals surface area contributed by atoms with E-state index in [9.17, 15) is 19.5 Å². The van der Waals surface area contributed by atoms with Crippen LogP contribution in [0.15, 0.2) is 42.6 Å². The minimum Gasteiger partial charge on any atom is -0.497 e. The summed E-state index contributed by atoms with van der Waals surface area (Å²) < 4.78 is 34.9. The van der Waals surface area contributed by atoms with Gasteiger partial charge in [0.1, 0.15) is 17.6 Å². The van der Waals surface area contributed by atoms with Crippen LogP contribution in [0.3, 0.4) is 0 Å². The van der Waals surface area contributed by atoms with Gasteiger partial charge in [-0.15, -0.1) is 0 Å². The zero-order valence-electron chi connectivity index (χ0n) is 22.6. The molecule has 1 aliphatic rings. The largest absolute Gasteiger partial charge is 0.497 e. The molecule has 0 radical (unpaired) electrons. The number of halogens is 1. The fourth-order valence-electron chi connectivity index (χ4n) is 4.89. The second kappa shape index (κ2) is 12.2. The molecule has 1 unspecified atom stereocenters. The highest BCUT2D eigenvalue weighted by atomic mass is 35.5. The Balaban J connectivity index is 1.86. The van der Waals surface area contributed by atoms with Gasteiger partial charge in [-0.1, -0.05) is 17.7 Å². The van der Waals surface area contributed by atoms with E-state index < -0.39 is 48.6 Å². The maximum absolute atomic E-state index is 12.2. The Hall–Kier alpha value is -3.80. The van der Waals surface area contributed by atoms with Crippen molar-refractivity contribution < 1.29 is 47.9 Å². The first-order chi connectivity index (χ1) is 19.0. The molecule has 1 aliphatic heterocycles. The normalized spacial score (nSPS) is 21.4. The molecule has 0 bridgehead atoms. The maximum Gasteiger partial charge on any atom is 0.303 e. The van der Waals surface area contributed by atoms with Crippen LogP contribution in [0.5, 0.6) is 11.5 Å². The van der Waals surface area contributed by atoms with Crippen LogP contribution < -0.4 is 9.47 Å². The topological polar surface area (TPSA) is 132 Å². The molecule has 2 aromatic carbocycles. The molecule has 1 aromatic heterocycles. The molecule has 0 amide bonds. The Morgan fingerprint density at radius 3 is 2.25 bits per heavy atom. The SMILES string of the molecule is COc1ccc(C(O)c2cn([C@@H]3OC[C@@H](OC(C)=O)[C@H](OC(C)=O)[C@H]3OC(C)=O)c3cccc(Cl)c23)c(OC)c1. The Bertz CT molecular complexity index is 1420. The summed E-state index contributed by atoms with van der Waals surface area (Å²) in [4.78, 5) is 35.9. The number of rotatable bonds is 8. The van der Waals surface area contributed by atoms with E-state index in [2.05, 4.69) is 0 Å². The first-order valence-electron chi connectivity index (χ1n) is 12.4. The summed E-state index contributed by atoms with van der Waals surface area (Å²) in [6.45, 7) is 3.44. The molecule has 1 fully saturated rings. The number of hydrogen-bond acceptors (Lipinski definition) is 10. The number of methoxy groups -OCH3 is 2. The highest BCUT2D eigenvalue weighted by molar-refractivity contribution is 6.35. The third kappa shape index (κ3) is 5.86. The summed E-state index contributed by atoms with van der Waals surface area (Å²) in [5.74, 6) is -1.01. The number of benzene rings is 2. The smallest absolute Gasteiger partial charge is 0.303 e. The maximum atomic E-state index is 12.2. The standard InChI is InChI=1S/C28H30ClNO10/c1-14(31)38-23-13-37-28(27(40-16(3)33)26(23)39-15(2)32)30-12-19(24-20(29)7-6-8-21(24)30)25(34)18-10-9-17(35-4)11-22(18)36-5/h6-12,23,25-28,34H,13H2,1-5H3/t23-,25?,26+,27-,28-/m1/s1. The molecule has 5 atom stereocenters. The molecule has 11 nitrogen and oxygen atoms in total. The summed E-state index contributed by atoms with van der Waals surface area (Å²) in [7, 11) is 3.01. The quantitative estimate of drug-likeness (QED) is 0.313. The predicted molar refractivity (Wildman–Crippen MR) is 142 cm³/mol. The van der Waals surface area contributed by atoms with Crippen LogP contribution in [0.4, 0.5) is 0 Å². The van der Waals surface area contributed by atoms with Gasteiger partial charge in [0.15, 0.2) is 24.5 Å². The number of fused-ring (bicyclic) bond motifs is 1. The molecule has 0 spiro atoms. The van der Waals surface area contributed by atoms with E-state index >= 15 is 0 Å². The van der Waals surface area contributed by atoms with Crippen molar-refractivity contribution in [2.75, 3.05) is 20.8 Å². The Morgan fingerprint density at radius 2 is 1.62 bits per heavy atom. The van der Waals surface area contributed by atoms with Gasteiger partial charge in [-0.2, -0.15) is 0 Å². The van der Waals surface area contributed by atoms with Crippen LogP contribution in [0.2, 0.25) is 5.02 Å². The Labute approximate surface area is 235 Å². The van der Waals surface area contributed by atoms with Crippen LogP contribution in [0.1, 0.15) is 44.2 Å². The van der Waals surface area contributed by atoms with Crippen molar-refractivity contribution in [2.45, 2.75) is 51.4 Å². The van der Waals surface area contributed by atoms with Crippen molar-refractivity contribution in [3.8, 4) is 11.5 Å². The van der Waals surface area contributed by atoms with Crippen molar-refractivity contribution in [2.24, 2.45) is 0 Å². The highest BCUT2D eigenvalue weighted by Gasteiger charge is 2.48. The number of esters is 3. The van der Waals surface area contributed by atoms with Gasteiger partial charge >= 0.3 is 17.9 Å². The summed E-state index contributed by atoms with van der Waals surface area (Å²) in [6, 6.07) is 10.2. The number of ether oxygens (including phenoxy) is 6. The fraction of sp³-hybridized carbons (Fsp3) is 0.393. The van der Waals surface area contributed by atoms with Gasteiger partial charge in [-0.25, -0.2) is 0 Å². The van der Waals surface area contributed by atoms with E-state index in [1.54, 1.807) is 47.2 Å². The summed E-state index contributed by atoms with van der Waals surface area (Å²) in [5.41, 5.74) is 1.42. The molecule has 214 valence electrons. The lowest BCUT2D eigenvalue weighted by molar-refractivity contribution is -0.239. The molecule has 2 heterocycles. The molecular weight excluding hydrogens is 546 g/mol. The fourth-order valence-corrected chi connectivity index (χ4v) is 5.17. The average Bonchev–Trinajstić information content (AvgIpc) is 3.29. The minimum atomic E-state index is -1.21. The van der Waals surface area contributed by atoms with E-state index in [0.29, 0.717) is 38.6 Å². The van der Waals surface area contributed by atoms with Crippen LogP contribution in [0, 0.1) is 0 Å². The number of carbonyl (C=O) groups is 3. The number of aliphatic hydroxyl groups is 1. The molecule has 0 aliphatic carbocycles. The van der Waals surface area contributed by atoms with Crippen LogP contribution in [0.25, 0.3) is 10.9 Å². The van der Waals surface area contributed by atoms with Crippen LogP contribution >= 0.6 is 11.6 Å². The van der Waals surface area contributed by atoms with Gasteiger partial charge < -0.3 is 38.1 Å². The number of aliphatic hydroxyl groups excluding tert-OH is 1. The number of nitrogens with zero attached hydrogens (tertiary/aromatic N) is 1. The predicted octanol–water partition coefficient (Wildman–Crippen LogP) is 3.72. The van der Waals surface area contributed by atoms with Crippen LogP contribution in [-0.2, 0) is 33.3 Å². The van der Waals surface area contributed by atoms with Gasteiger partial charge in [0, 0.05) is 49.5 Å². The molecule has 1 saturated heterocycles. The van der Waals surface area contributed by atoms with E-state index in [0.717, 1.165) is 0 Å². The molecule has 1 N–H and O–H groups in total. The lowest BCUT2D eigenvalue weighted by atomic mass is 10.00. The average molecular weight is 576 g/mol. The number of aromatic nitrogens is 1. The second-order valence-electron chi connectivity index (χ2n) is 9.16. The zero-order chi connectivity index (χ0) is 29.1. The first-order valence-corrected chi connectivity index (χ1v) is 12.8. The van der Waals surface area contributed by atoms with E-state index in [-0.39, 0.29) is 6.61 Å². The summed E-state index contributed by atoms with van der Waals surface area (Å²) in [5, 5.41) is 12.5. The summed E-state index contributed by atoms with van der Waals surface area (Å²) in [6.07, 6.45) is -4.02. The monoisotopic (exact) mass is 575 g/mol. The van der Waals surface area contributed by atoms with Gasteiger partial charge in [0.05, 0.1) is 31.4 Å². The molecule has 40 heavy (non-hydrogen) atoms. The Morgan fingerprint density at radius 1 is 0.950 bits per heavy atom. The van der Waals surface area contributed by atoms with E-state index in [1.807, 2.05) is 0 Å². The van der Waals surface area contributed by atoms with Gasteiger partial charge in [-0.3, -0.25) is 14.4 Å². The molecule has 0 saturated carbocycles. The lowest BCUT2D eigenvalue weighted by Gasteiger charge is -2.41. The van der Waals surface area contributed by atoms with E-state index in [1.165, 1.54) is 35.0 Å². The van der Waals surface area contributed by atoms with Crippen molar-refractivity contribution in [3.63, 3.8) is 0 Å². The molecule has 4 rings (SSSR count). The molecule has 3 aromatic rings. The van der Waals surface area contributed by atoms with Gasteiger partial charge in [0.25, 0.3) is 0 Å². The molecule has 12 heteroatoms. The van der Waals surface area contributed by atoms with Gasteiger partial charge in [0.2, 0.25) is 0 Å². The van der Waals surface area contributed by atoms with Crippen LogP contribution in [-0.4, -0.2) is 66.7 Å². The second-order valence-corrected chi connectivity index (χ2v) is 9.56. The third-order valence-corrected chi connectivity index (χ3v) is 6.78. The van der Waals surface area contributed by atoms with Crippen molar-refractivity contribution in [3.05, 3.63) is 58.7 Å². The number of carbonyl (C=O) groups excluding carboxylic acids is 3. The van der Waals surface area contributed by atoms with Gasteiger partial charge in [-0.05, 0) is 24.3 Å². The summed E-state index contributed by atoms with van der Waals surface area (Å²) >= 11 is 6.64. The first kappa shape index (κ1) is 29.2. The van der Waals surface area contributed by atoms with Crippen molar-refractivity contribution >= 4 is 40.4 Å².